The van der Waals surface area contributed by atoms with Crippen molar-refractivity contribution in [2.45, 2.75) is 112 Å². The Bertz CT molecular complexity index is 1430. The molecule has 2 amide bonds. The van der Waals surface area contributed by atoms with Gasteiger partial charge in [0.15, 0.2) is 0 Å². The Balaban J connectivity index is 1.68. The third-order valence-electron chi connectivity index (χ3n) is 9.05. The Morgan fingerprint density at radius 1 is 0.643 bits per heavy atom. The molecule has 0 aromatic heterocycles. The number of hydrogen-bond acceptors (Lipinski definition) is 2. The fourth-order valence-corrected chi connectivity index (χ4v) is 6.38. The van der Waals surface area contributed by atoms with E-state index in [-0.39, 0.29) is 22.6 Å². The molecular formula is C38H50N2O2. The summed E-state index contributed by atoms with van der Waals surface area (Å²) in [5.41, 5.74) is 10.2. The maximum atomic E-state index is 13.3. The molecule has 1 saturated carbocycles. The van der Waals surface area contributed by atoms with Crippen LogP contribution in [0.4, 0.5) is 11.4 Å². The molecule has 2 N–H and O–H groups in total. The van der Waals surface area contributed by atoms with Crippen molar-refractivity contribution in [2.75, 3.05) is 10.6 Å². The van der Waals surface area contributed by atoms with Crippen LogP contribution in [-0.4, -0.2) is 11.8 Å². The molecule has 1 fully saturated rings. The van der Waals surface area contributed by atoms with Crippen LogP contribution in [-0.2, 0) is 15.6 Å². The summed E-state index contributed by atoms with van der Waals surface area (Å²) < 4.78 is 0. The molecule has 0 saturated heterocycles. The molecule has 4 heteroatoms. The highest BCUT2D eigenvalue weighted by Gasteiger charge is 2.37. The Kier molecular flexibility index (Phi) is 8.79. The van der Waals surface area contributed by atoms with Gasteiger partial charge in [-0.15, -0.1) is 0 Å². The third kappa shape index (κ3) is 6.48. The topological polar surface area (TPSA) is 58.2 Å². The maximum absolute atomic E-state index is 13.3. The molecule has 3 aromatic rings. The number of carbonyl (C=O) groups is 2. The van der Waals surface area contributed by atoms with E-state index in [0.717, 1.165) is 46.5 Å². The van der Waals surface area contributed by atoms with Crippen LogP contribution >= 0.6 is 0 Å². The van der Waals surface area contributed by atoms with Gasteiger partial charge in [0.25, 0.3) is 5.91 Å². The second kappa shape index (κ2) is 11.7. The molecule has 1 aliphatic rings. The van der Waals surface area contributed by atoms with Gasteiger partial charge in [-0.05, 0) is 97.0 Å². The second-order valence-corrected chi connectivity index (χ2v) is 14.6. The first kappa shape index (κ1) is 31.5. The Morgan fingerprint density at radius 3 is 1.48 bits per heavy atom. The molecule has 0 aliphatic heterocycles. The summed E-state index contributed by atoms with van der Waals surface area (Å²) in [4.78, 5) is 26.1. The molecule has 4 rings (SSSR count). The number of aryl methyl sites for hydroxylation is 4. The van der Waals surface area contributed by atoms with Crippen LogP contribution in [0.25, 0.3) is 0 Å². The van der Waals surface area contributed by atoms with Crippen molar-refractivity contribution >= 4 is 23.2 Å². The van der Waals surface area contributed by atoms with Crippen LogP contribution in [0.3, 0.4) is 0 Å². The average molecular weight is 567 g/mol. The third-order valence-corrected chi connectivity index (χ3v) is 9.05. The van der Waals surface area contributed by atoms with Gasteiger partial charge in [-0.1, -0.05) is 97.2 Å². The van der Waals surface area contributed by atoms with E-state index in [1.54, 1.807) is 0 Å². The van der Waals surface area contributed by atoms with E-state index in [2.05, 4.69) is 83.4 Å². The molecule has 4 nitrogen and oxygen atoms in total. The first-order chi connectivity index (χ1) is 19.5. The van der Waals surface area contributed by atoms with Crippen LogP contribution in [0.1, 0.15) is 123 Å². The molecule has 42 heavy (non-hydrogen) atoms. The van der Waals surface area contributed by atoms with Crippen molar-refractivity contribution in [3.05, 3.63) is 93.0 Å². The van der Waals surface area contributed by atoms with Crippen molar-refractivity contribution in [1.29, 1.82) is 0 Å². The van der Waals surface area contributed by atoms with Gasteiger partial charge in [-0.25, -0.2) is 0 Å². The van der Waals surface area contributed by atoms with E-state index in [0.29, 0.717) is 5.56 Å². The minimum Gasteiger partial charge on any atom is -0.325 e. The summed E-state index contributed by atoms with van der Waals surface area (Å²) in [6.07, 6.45) is 5.79. The Labute approximate surface area is 253 Å². The molecule has 224 valence electrons. The number of rotatable bonds is 5. The zero-order valence-corrected chi connectivity index (χ0v) is 27.5. The standard InChI is InChI=1S/C38H50N2O2/c1-24-20-30(21-25(2)32(24)39-34(41)28-14-16-29(17-15-28)36(5,6)7)38(18-12-11-13-19-38)31-22-26(3)33(27(4)23-31)40-35(42)37(8,9)10/h14-17,20-23H,11-13,18-19H2,1-10H3,(H,39,41)(H,40,42). The second-order valence-electron chi connectivity index (χ2n) is 14.6. The van der Waals surface area contributed by atoms with Crippen molar-refractivity contribution in [1.82, 2.24) is 0 Å². The van der Waals surface area contributed by atoms with Gasteiger partial charge in [0, 0.05) is 27.8 Å². The smallest absolute Gasteiger partial charge is 0.255 e. The summed E-state index contributed by atoms with van der Waals surface area (Å²) in [6.45, 7) is 20.8. The summed E-state index contributed by atoms with van der Waals surface area (Å²) in [5.74, 6) is -0.0520. The molecule has 0 unspecified atom stereocenters. The number of carbonyl (C=O) groups excluding carboxylic acids is 2. The van der Waals surface area contributed by atoms with Gasteiger partial charge in [0.1, 0.15) is 0 Å². The van der Waals surface area contributed by atoms with Gasteiger partial charge >= 0.3 is 0 Å². The zero-order chi connectivity index (χ0) is 31.0. The normalized spacial score (nSPS) is 15.3. The Hall–Kier alpha value is -3.40. The minimum absolute atomic E-state index is 0.0304. The lowest BCUT2D eigenvalue weighted by molar-refractivity contribution is -0.123. The lowest BCUT2D eigenvalue weighted by Crippen LogP contribution is -2.32. The van der Waals surface area contributed by atoms with E-state index in [1.165, 1.54) is 36.0 Å². The Morgan fingerprint density at radius 2 is 1.07 bits per heavy atom. The van der Waals surface area contributed by atoms with Crippen molar-refractivity contribution in [3.63, 3.8) is 0 Å². The van der Waals surface area contributed by atoms with E-state index in [9.17, 15) is 9.59 Å². The van der Waals surface area contributed by atoms with Crippen LogP contribution in [0, 0.1) is 33.1 Å². The van der Waals surface area contributed by atoms with Gasteiger partial charge in [0.05, 0.1) is 0 Å². The fraction of sp³-hybridized carbons (Fsp3) is 0.474. The van der Waals surface area contributed by atoms with Gasteiger partial charge in [-0.3, -0.25) is 9.59 Å². The van der Waals surface area contributed by atoms with Gasteiger partial charge in [0.2, 0.25) is 5.91 Å². The molecule has 1 aliphatic carbocycles. The van der Waals surface area contributed by atoms with E-state index < -0.39 is 5.41 Å². The average Bonchev–Trinajstić information content (AvgIpc) is 2.91. The summed E-state index contributed by atoms with van der Waals surface area (Å²) in [7, 11) is 0. The van der Waals surface area contributed by atoms with E-state index >= 15 is 0 Å². The SMILES string of the molecule is Cc1cc(C2(c3cc(C)c(NC(=O)C(C)(C)C)c(C)c3)CCCCC2)cc(C)c1NC(=O)c1ccc(C(C)(C)C)cc1. The van der Waals surface area contributed by atoms with Crippen LogP contribution in [0.5, 0.6) is 0 Å². The monoisotopic (exact) mass is 566 g/mol. The predicted molar refractivity (Wildman–Crippen MR) is 177 cm³/mol. The van der Waals surface area contributed by atoms with E-state index in [1.807, 2.05) is 45.0 Å². The van der Waals surface area contributed by atoms with Crippen LogP contribution in [0.2, 0.25) is 0 Å². The molecular weight excluding hydrogens is 516 g/mol. The first-order valence-corrected chi connectivity index (χ1v) is 15.5. The van der Waals surface area contributed by atoms with Crippen molar-refractivity contribution < 1.29 is 9.59 Å². The number of benzene rings is 3. The van der Waals surface area contributed by atoms with Crippen molar-refractivity contribution in [2.24, 2.45) is 5.41 Å². The molecule has 0 heterocycles. The van der Waals surface area contributed by atoms with E-state index in [4.69, 9.17) is 0 Å². The highest BCUT2D eigenvalue weighted by molar-refractivity contribution is 6.05. The lowest BCUT2D eigenvalue weighted by atomic mass is 9.64. The maximum Gasteiger partial charge on any atom is 0.255 e. The zero-order valence-electron chi connectivity index (χ0n) is 27.5. The molecule has 0 spiro atoms. The molecule has 0 atom stereocenters. The predicted octanol–water partition coefficient (Wildman–Crippen LogP) is 9.70. The number of hydrogen-bond donors (Lipinski definition) is 2. The minimum atomic E-state index is -0.454. The first-order valence-electron chi connectivity index (χ1n) is 15.5. The van der Waals surface area contributed by atoms with Gasteiger partial charge < -0.3 is 10.6 Å². The van der Waals surface area contributed by atoms with Gasteiger partial charge in [-0.2, -0.15) is 0 Å². The molecule has 3 aromatic carbocycles. The van der Waals surface area contributed by atoms with Crippen LogP contribution in [0.15, 0.2) is 48.5 Å². The fourth-order valence-electron chi connectivity index (χ4n) is 6.38. The largest absolute Gasteiger partial charge is 0.325 e. The van der Waals surface area contributed by atoms with Crippen molar-refractivity contribution in [3.8, 4) is 0 Å². The highest BCUT2D eigenvalue weighted by atomic mass is 16.2. The number of amides is 2. The summed E-state index contributed by atoms with van der Waals surface area (Å²) in [6, 6.07) is 17.1. The summed E-state index contributed by atoms with van der Waals surface area (Å²) in [5, 5.41) is 6.40. The highest BCUT2D eigenvalue weighted by Crippen LogP contribution is 2.47. The number of anilines is 2. The number of nitrogens with one attached hydrogen (secondary N) is 2. The van der Waals surface area contributed by atoms with Crippen LogP contribution < -0.4 is 10.6 Å². The lowest BCUT2D eigenvalue weighted by Gasteiger charge is -2.40. The molecule has 0 radical (unpaired) electrons. The quantitative estimate of drug-likeness (QED) is 0.323. The summed E-state index contributed by atoms with van der Waals surface area (Å²) >= 11 is 0. The molecule has 0 bridgehead atoms.